The fraction of sp³-hybridized carbons (Fsp3) is 0.278. The first kappa shape index (κ1) is 15.5. The highest BCUT2D eigenvalue weighted by atomic mass is 32.1. The summed E-state index contributed by atoms with van der Waals surface area (Å²) >= 11 is 1.68. The number of hydrogen-bond acceptors (Lipinski definition) is 6. The molecule has 0 radical (unpaired) electrons. The fourth-order valence-corrected chi connectivity index (χ4v) is 4.85. The molecule has 8 heteroatoms. The molecule has 1 aliphatic heterocycles. The molecule has 1 N–H and O–H groups in total. The summed E-state index contributed by atoms with van der Waals surface area (Å²) in [6.07, 6.45) is 2.40. The minimum atomic E-state index is -0.160. The molecule has 7 nitrogen and oxygen atoms in total. The number of methoxy groups -OCH3 is 1. The predicted molar refractivity (Wildman–Crippen MR) is 100 cm³/mol. The predicted octanol–water partition coefficient (Wildman–Crippen LogP) is 1.81. The first-order valence-electron chi connectivity index (χ1n) is 8.46. The lowest BCUT2D eigenvalue weighted by Gasteiger charge is -2.12. The van der Waals surface area contributed by atoms with Crippen LogP contribution in [0.2, 0.25) is 0 Å². The van der Waals surface area contributed by atoms with E-state index < -0.39 is 0 Å². The zero-order valence-electron chi connectivity index (χ0n) is 14.2. The van der Waals surface area contributed by atoms with E-state index in [4.69, 9.17) is 4.74 Å². The third-order valence-electron chi connectivity index (χ3n) is 4.84. The summed E-state index contributed by atoms with van der Waals surface area (Å²) in [7, 11) is 1.64. The molecule has 3 aromatic heterocycles. The van der Waals surface area contributed by atoms with Gasteiger partial charge < -0.3 is 10.1 Å². The third kappa shape index (κ3) is 2.26. The standard InChI is InChI=1S/C18H17N5O2S/c1-25-12-4-2-11(3-5-12)9-22-17-15(13-6-7-19-8-14(13)26-17)16-20-10-21-23(16)18(22)24/h2-5,10,19H,6-9H2,1H3. The highest BCUT2D eigenvalue weighted by molar-refractivity contribution is 7.19. The number of benzene rings is 1. The highest BCUT2D eigenvalue weighted by Gasteiger charge is 2.23. The van der Waals surface area contributed by atoms with Crippen LogP contribution in [0.4, 0.5) is 0 Å². The normalized spacial score (nSPS) is 14.0. The van der Waals surface area contributed by atoms with Gasteiger partial charge in [0.15, 0.2) is 5.65 Å². The molecule has 0 unspecified atom stereocenters. The van der Waals surface area contributed by atoms with Crippen molar-refractivity contribution in [1.82, 2.24) is 24.5 Å². The van der Waals surface area contributed by atoms with Gasteiger partial charge in [0.05, 0.1) is 19.0 Å². The number of aromatic nitrogens is 4. The number of hydrogen-bond donors (Lipinski definition) is 1. The number of nitrogens with zero attached hydrogens (tertiary/aromatic N) is 4. The molecule has 0 aliphatic carbocycles. The summed E-state index contributed by atoms with van der Waals surface area (Å²) in [5.74, 6) is 0.802. The summed E-state index contributed by atoms with van der Waals surface area (Å²) in [6, 6.07) is 7.79. The van der Waals surface area contributed by atoms with Crippen molar-refractivity contribution in [3.05, 3.63) is 57.1 Å². The van der Waals surface area contributed by atoms with Crippen molar-refractivity contribution in [2.45, 2.75) is 19.5 Å². The Labute approximate surface area is 152 Å². The van der Waals surface area contributed by atoms with Crippen LogP contribution in [0.1, 0.15) is 16.0 Å². The van der Waals surface area contributed by atoms with Crippen LogP contribution in [0.25, 0.3) is 15.9 Å². The summed E-state index contributed by atoms with van der Waals surface area (Å²) in [5.41, 5.74) is 2.84. The van der Waals surface area contributed by atoms with Crippen molar-refractivity contribution in [2.24, 2.45) is 0 Å². The molecular formula is C18H17N5O2S. The number of thiophene rings is 1. The van der Waals surface area contributed by atoms with Crippen LogP contribution in [-0.2, 0) is 19.5 Å². The van der Waals surface area contributed by atoms with E-state index >= 15 is 0 Å². The Balaban J connectivity index is 1.75. The monoisotopic (exact) mass is 367 g/mol. The van der Waals surface area contributed by atoms with Gasteiger partial charge in [0.25, 0.3) is 0 Å². The molecule has 1 aliphatic rings. The Morgan fingerprint density at radius 3 is 2.96 bits per heavy atom. The van der Waals surface area contributed by atoms with Crippen LogP contribution >= 0.6 is 11.3 Å². The van der Waals surface area contributed by atoms with Gasteiger partial charge in [0.2, 0.25) is 0 Å². The number of nitrogens with one attached hydrogen (secondary N) is 1. The summed E-state index contributed by atoms with van der Waals surface area (Å²) in [4.78, 5) is 19.7. The minimum absolute atomic E-state index is 0.160. The third-order valence-corrected chi connectivity index (χ3v) is 6.09. The molecule has 0 spiro atoms. The zero-order chi connectivity index (χ0) is 17.7. The Bertz CT molecular complexity index is 1170. The van der Waals surface area contributed by atoms with Gasteiger partial charge in [-0.15, -0.1) is 11.3 Å². The molecule has 4 heterocycles. The minimum Gasteiger partial charge on any atom is -0.497 e. The second-order valence-electron chi connectivity index (χ2n) is 6.32. The van der Waals surface area contributed by atoms with Crippen molar-refractivity contribution < 1.29 is 4.74 Å². The Morgan fingerprint density at radius 2 is 2.15 bits per heavy atom. The van der Waals surface area contributed by atoms with E-state index in [2.05, 4.69) is 15.4 Å². The van der Waals surface area contributed by atoms with E-state index in [-0.39, 0.29) is 5.69 Å². The van der Waals surface area contributed by atoms with Crippen LogP contribution in [0.5, 0.6) is 5.75 Å². The van der Waals surface area contributed by atoms with Gasteiger partial charge in [0, 0.05) is 11.4 Å². The molecule has 0 bridgehead atoms. The van der Waals surface area contributed by atoms with Crippen LogP contribution < -0.4 is 15.7 Å². The topological polar surface area (TPSA) is 73.5 Å². The Hall–Kier alpha value is -2.71. The largest absolute Gasteiger partial charge is 0.497 e. The number of ether oxygens (including phenoxy) is 1. The van der Waals surface area contributed by atoms with Crippen LogP contribution in [0, 0.1) is 0 Å². The molecule has 0 amide bonds. The lowest BCUT2D eigenvalue weighted by molar-refractivity contribution is 0.414. The molecule has 4 aromatic rings. The lowest BCUT2D eigenvalue weighted by Crippen LogP contribution is -2.28. The van der Waals surface area contributed by atoms with Crippen molar-refractivity contribution in [1.29, 1.82) is 0 Å². The molecule has 0 saturated carbocycles. The average molecular weight is 367 g/mol. The first-order valence-corrected chi connectivity index (χ1v) is 9.28. The Morgan fingerprint density at radius 1 is 1.31 bits per heavy atom. The van der Waals surface area contributed by atoms with Crippen molar-refractivity contribution in [2.75, 3.05) is 13.7 Å². The molecule has 0 fully saturated rings. The van der Waals surface area contributed by atoms with Crippen LogP contribution in [-0.4, -0.2) is 32.8 Å². The van der Waals surface area contributed by atoms with E-state index in [0.29, 0.717) is 12.2 Å². The quantitative estimate of drug-likeness (QED) is 0.598. The van der Waals surface area contributed by atoms with Crippen LogP contribution in [0.3, 0.4) is 0 Å². The first-order chi connectivity index (χ1) is 12.8. The molecule has 5 rings (SSSR count). The van der Waals surface area contributed by atoms with E-state index in [1.165, 1.54) is 21.3 Å². The van der Waals surface area contributed by atoms with Gasteiger partial charge in [-0.2, -0.15) is 9.61 Å². The average Bonchev–Trinajstić information content (AvgIpc) is 3.30. The van der Waals surface area contributed by atoms with Gasteiger partial charge in [-0.1, -0.05) is 12.1 Å². The van der Waals surface area contributed by atoms with Crippen molar-refractivity contribution >= 4 is 27.2 Å². The SMILES string of the molecule is COc1ccc(Cn2c(=O)n3ncnc3c3c4c(sc32)CNCC4)cc1. The second kappa shape index (κ2) is 5.93. The van der Waals surface area contributed by atoms with Gasteiger partial charge in [-0.3, -0.25) is 4.57 Å². The fourth-order valence-electron chi connectivity index (χ4n) is 3.55. The smallest absolute Gasteiger partial charge is 0.352 e. The number of fused-ring (bicyclic) bond motifs is 5. The van der Waals surface area contributed by atoms with E-state index in [1.807, 2.05) is 28.8 Å². The summed E-state index contributed by atoms with van der Waals surface area (Å²) < 4.78 is 8.44. The molecule has 132 valence electrons. The van der Waals surface area contributed by atoms with Gasteiger partial charge in [0.1, 0.15) is 16.9 Å². The molecule has 1 aromatic carbocycles. The summed E-state index contributed by atoms with van der Waals surface area (Å²) in [6.45, 7) is 2.27. The maximum Gasteiger partial charge on any atom is 0.352 e. The van der Waals surface area contributed by atoms with Gasteiger partial charge in [-0.25, -0.2) is 9.78 Å². The summed E-state index contributed by atoms with van der Waals surface area (Å²) in [5, 5.41) is 8.64. The van der Waals surface area contributed by atoms with Crippen molar-refractivity contribution in [3.8, 4) is 5.75 Å². The zero-order valence-corrected chi connectivity index (χ0v) is 15.0. The molecule has 26 heavy (non-hydrogen) atoms. The Kier molecular flexibility index (Phi) is 3.54. The van der Waals surface area contributed by atoms with E-state index in [0.717, 1.165) is 41.0 Å². The maximum atomic E-state index is 13.0. The maximum absolute atomic E-state index is 13.0. The molecular weight excluding hydrogens is 350 g/mol. The van der Waals surface area contributed by atoms with Crippen molar-refractivity contribution in [3.63, 3.8) is 0 Å². The second-order valence-corrected chi connectivity index (χ2v) is 7.41. The molecule has 0 saturated heterocycles. The number of rotatable bonds is 3. The van der Waals surface area contributed by atoms with Crippen LogP contribution in [0.15, 0.2) is 35.4 Å². The van der Waals surface area contributed by atoms with E-state index in [1.54, 1.807) is 18.4 Å². The van der Waals surface area contributed by atoms with Gasteiger partial charge in [-0.05, 0) is 36.2 Å². The highest BCUT2D eigenvalue weighted by Crippen LogP contribution is 2.34. The van der Waals surface area contributed by atoms with E-state index in [9.17, 15) is 4.79 Å². The van der Waals surface area contributed by atoms with Gasteiger partial charge >= 0.3 is 5.69 Å². The lowest BCUT2D eigenvalue weighted by atomic mass is 10.1. The molecule has 0 atom stereocenters.